The Hall–Kier alpha value is -1.95. The maximum atomic E-state index is 11.4. The lowest BCUT2D eigenvalue weighted by molar-refractivity contribution is 0.178. The molecule has 0 radical (unpaired) electrons. The third kappa shape index (κ3) is 3.44. The molecule has 0 unspecified atom stereocenters. The van der Waals surface area contributed by atoms with Gasteiger partial charge in [-0.2, -0.15) is 0 Å². The molecule has 0 aromatic carbocycles. The van der Waals surface area contributed by atoms with Crippen LogP contribution in [0.4, 0.5) is 0 Å². The maximum Gasteiger partial charge on any atom is 0.250 e. The van der Waals surface area contributed by atoms with Gasteiger partial charge >= 0.3 is 0 Å². The molecular formula is C16H22N4O2. The van der Waals surface area contributed by atoms with Crippen molar-refractivity contribution in [2.24, 2.45) is 0 Å². The first kappa shape index (κ1) is 15.0. The third-order valence-electron chi connectivity index (χ3n) is 4.17. The smallest absolute Gasteiger partial charge is 0.250 e. The highest BCUT2D eigenvalue weighted by Gasteiger charge is 2.23. The second-order valence-corrected chi connectivity index (χ2v) is 6.28. The first-order valence-electron chi connectivity index (χ1n) is 7.84. The molecule has 3 heterocycles. The lowest BCUT2D eigenvalue weighted by atomic mass is 9.94. The molecule has 3 rings (SSSR count). The van der Waals surface area contributed by atoms with Gasteiger partial charge < -0.3 is 9.51 Å². The maximum absolute atomic E-state index is 11.4. The number of hydrogen-bond donors (Lipinski definition) is 1. The van der Waals surface area contributed by atoms with E-state index in [1.54, 1.807) is 6.07 Å². The highest BCUT2D eigenvalue weighted by atomic mass is 16.5. The number of nitrogens with one attached hydrogen (secondary N) is 1. The molecule has 6 heteroatoms. The summed E-state index contributed by atoms with van der Waals surface area (Å²) in [5, 5.41) is 4.11. The second kappa shape index (κ2) is 6.44. The van der Waals surface area contributed by atoms with Gasteiger partial charge in [-0.15, -0.1) is 0 Å². The van der Waals surface area contributed by atoms with Crippen LogP contribution in [0.15, 0.2) is 27.8 Å². The summed E-state index contributed by atoms with van der Waals surface area (Å²) in [6.45, 7) is 6.92. The summed E-state index contributed by atoms with van der Waals surface area (Å²) in [6, 6.07) is 3.65. The molecule has 6 nitrogen and oxygen atoms in total. The van der Waals surface area contributed by atoms with Crippen LogP contribution >= 0.6 is 0 Å². The second-order valence-electron chi connectivity index (χ2n) is 6.28. The summed E-state index contributed by atoms with van der Waals surface area (Å²) in [6.07, 6.45) is 3.66. The topological polar surface area (TPSA) is 75.0 Å². The van der Waals surface area contributed by atoms with Gasteiger partial charge in [0.05, 0.1) is 24.3 Å². The molecule has 0 saturated carbocycles. The SMILES string of the molecule is CC(C)c1cc(CN2CCC[C@@H](c3cc(=O)[nH]cn3)C2)on1. The van der Waals surface area contributed by atoms with Gasteiger partial charge in [-0.25, -0.2) is 4.98 Å². The van der Waals surface area contributed by atoms with E-state index in [0.717, 1.165) is 49.6 Å². The van der Waals surface area contributed by atoms with Crippen LogP contribution in [0.2, 0.25) is 0 Å². The van der Waals surface area contributed by atoms with Crippen LogP contribution in [-0.4, -0.2) is 33.1 Å². The van der Waals surface area contributed by atoms with E-state index in [1.807, 2.05) is 6.07 Å². The minimum Gasteiger partial charge on any atom is -0.360 e. The minimum absolute atomic E-state index is 0.0843. The Labute approximate surface area is 129 Å². The van der Waals surface area contributed by atoms with Gasteiger partial charge in [0.1, 0.15) is 0 Å². The monoisotopic (exact) mass is 302 g/mol. The molecule has 1 aliphatic heterocycles. The van der Waals surface area contributed by atoms with Crippen molar-refractivity contribution >= 4 is 0 Å². The molecule has 2 aromatic heterocycles. The lowest BCUT2D eigenvalue weighted by Gasteiger charge is -2.31. The van der Waals surface area contributed by atoms with Gasteiger partial charge in [0.2, 0.25) is 0 Å². The molecule has 0 aliphatic carbocycles. The number of aromatic amines is 1. The Kier molecular flexibility index (Phi) is 4.38. The van der Waals surface area contributed by atoms with Crippen LogP contribution in [0.5, 0.6) is 0 Å². The van der Waals surface area contributed by atoms with E-state index >= 15 is 0 Å². The van der Waals surface area contributed by atoms with E-state index in [-0.39, 0.29) is 5.56 Å². The van der Waals surface area contributed by atoms with Crippen molar-refractivity contribution in [1.29, 1.82) is 0 Å². The first-order valence-corrected chi connectivity index (χ1v) is 7.84. The van der Waals surface area contributed by atoms with E-state index in [0.29, 0.717) is 11.8 Å². The van der Waals surface area contributed by atoms with Crippen LogP contribution in [0.1, 0.15) is 55.7 Å². The molecule has 1 N–H and O–H groups in total. The molecule has 0 amide bonds. The summed E-state index contributed by atoms with van der Waals surface area (Å²) >= 11 is 0. The molecular weight excluding hydrogens is 280 g/mol. The minimum atomic E-state index is -0.0843. The Morgan fingerprint density at radius 2 is 2.32 bits per heavy atom. The number of piperidine rings is 1. The number of H-pyrrole nitrogens is 1. The summed E-state index contributed by atoms with van der Waals surface area (Å²) in [5.74, 6) is 1.60. The molecule has 1 aliphatic rings. The number of nitrogens with zero attached hydrogens (tertiary/aromatic N) is 3. The third-order valence-corrected chi connectivity index (χ3v) is 4.17. The highest BCUT2D eigenvalue weighted by Crippen LogP contribution is 2.26. The van der Waals surface area contributed by atoms with Gasteiger partial charge in [-0.1, -0.05) is 19.0 Å². The number of hydrogen-bond acceptors (Lipinski definition) is 5. The van der Waals surface area contributed by atoms with Crippen molar-refractivity contribution in [3.05, 3.63) is 46.0 Å². The zero-order valence-corrected chi connectivity index (χ0v) is 13.1. The first-order chi connectivity index (χ1) is 10.6. The molecule has 0 spiro atoms. The molecule has 0 bridgehead atoms. The van der Waals surface area contributed by atoms with Crippen molar-refractivity contribution in [2.75, 3.05) is 13.1 Å². The summed E-state index contributed by atoms with van der Waals surface area (Å²) < 4.78 is 5.43. The fraction of sp³-hybridized carbons (Fsp3) is 0.562. The zero-order valence-electron chi connectivity index (χ0n) is 13.1. The normalized spacial score (nSPS) is 19.7. The lowest BCUT2D eigenvalue weighted by Crippen LogP contribution is -2.34. The molecule has 2 aromatic rings. The van der Waals surface area contributed by atoms with E-state index in [2.05, 4.69) is 33.9 Å². The Morgan fingerprint density at radius 3 is 3.05 bits per heavy atom. The van der Waals surface area contributed by atoms with Crippen molar-refractivity contribution < 1.29 is 4.52 Å². The quantitative estimate of drug-likeness (QED) is 0.937. The van der Waals surface area contributed by atoms with Crippen LogP contribution in [-0.2, 0) is 6.54 Å². The summed E-state index contributed by atoms with van der Waals surface area (Å²) in [4.78, 5) is 20.7. The Morgan fingerprint density at radius 1 is 1.45 bits per heavy atom. The average molecular weight is 302 g/mol. The number of likely N-dealkylation sites (tertiary alicyclic amines) is 1. The van der Waals surface area contributed by atoms with Crippen molar-refractivity contribution in [3.63, 3.8) is 0 Å². The predicted octanol–water partition coefficient (Wildman–Crippen LogP) is 2.26. The fourth-order valence-corrected chi connectivity index (χ4v) is 2.94. The van der Waals surface area contributed by atoms with Gasteiger partial charge in [0, 0.05) is 24.6 Å². The summed E-state index contributed by atoms with van der Waals surface area (Å²) in [5.41, 5.74) is 1.80. The van der Waals surface area contributed by atoms with E-state index in [9.17, 15) is 4.79 Å². The zero-order chi connectivity index (χ0) is 15.5. The van der Waals surface area contributed by atoms with Crippen LogP contribution in [0, 0.1) is 0 Å². The van der Waals surface area contributed by atoms with Gasteiger partial charge in [0.25, 0.3) is 5.56 Å². The highest BCUT2D eigenvalue weighted by molar-refractivity contribution is 5.11. The van der Waals surface area contributed by atoms with E-state index in [4.69, 9.17) is 4.52 Å². The molecule has 118 valence electrons. The van der Waals surface area contributed by atoms with Gasteiger partial charge in [-0.05, 0) is 25.3 Å². The fourth-order valence-electron chi connectivity index (χ4n) is 2.94. The van der Waals surface area contributed by atoms with Crippen LogP contribution in [0.25, 0.3) is 0 Å². The molecule has 1 atom stereocenters. The molecule has 1 fully saturated rings. The van der Waals surface area contributed by atoms with Crippen molar-refractivity contribution in [3.8, 4) is 0 Å². The molecule has 1 saturated heterocycles. The van der Waals surface area contributed by atoms with Crippen LogP contribution in [0.3, 0.4) is 0 Å². The van der Waals surface area contributed by atoms with Gasteiger partial charge in [-0.3, -0.25) is 9.69 Å². The Balaban J connectivity index is 1.66. The predicted molar refractivity (Wildman–Crippen MR) is 82.7 cm³/mol. The van der Waals surface area contributed by atoms with E-state index in [1.165, 1.54) is 6.33 Å². The van der Waals surface area contributed by atoms with Gasteiger partial charge in [0.15, 0.2) is 5.76 Å². The van der Waals surface area contributed by atoms with Crippen molar-refractivity contribution in [2.45, 2.75) is 45.1 Å². The average Bonchev–Trinajstić information content (AvgIpc) is 2.96. The number of aromatic nitrogens is 3. The van der Waals surface area contributed by atoms with Crippen LogP contribution < -0.4 is 5.56 Å². The molecule has 22 heavy (non-hydrogen) atoms. The van der Waals surface area contributed by atoms with Crippen molar-refractivity contribution in [1.82, 2.24) is 20.0 Å². The largest absolute Gasteiger partial charge is 0.360 e. The summed E-state index contributed by atoms with van der Waals surface area (Å²) in [7, 11) is 0. The number of rotatable bonds is 4. The van der Waals surface area contributed by atoms with E-state index < -0.39 is 0 Å². The Bertz CT molecular complexity index is 677. The standard InChI is InChI=1S/C16H22N4O2/c1-11(2)14-6-13(22-19-14)9-20-5-3-4-12(8-20)15-7-16(21)18-10-17-15/h6-7,10-12H,3-5,8-9H2,1-2H3,(H,17,18,21)/t12-/m1/s1.